The van der Waals surface area contributed by atoms with Crippen molar-refractivity contribution in [1.82, 2.24) is 20.0 Å². The zero-order chi connectivity index (χ0) is 19.8. The molecule has 2 aliphatic rings. The van der Waals surface area contributed by atoms with E-state index in [1.165, 1.54) is 0 Å². The number of rotatable bonds is 4. The second kappa shape index (κ2) is 7.59. The van der Waals surface area contributed by atoms with Crippen molar-refractivity contribution in [3.63, 3.8) is 0 Å². The van der Waals surface area contributed by atoms with Gasteiger partial charge in [0, 0.05) is 48.3 Å². The Bertz CT molecular complexity index is 1020. The highest BCUT2D eigenvalue weighted by molar-refractivity contribution is 9.10. The Morgan fingerprint density at radius 2 is 1.86 bits per heavy atom. The van der Waals surface area contributed by atoms with Gasteiger partial charge in [-0.1, -0.05) is 17.3 Å². The summed E-state index contributed by atoms with van der Waals surface area (Å²) in [5, 5.41) is 4.07. The Morgan fingerprint density at radius 3 is 2.55 bits per heavy atom. The molecular formula is C21H20BrN5O2. The van der Waals surface area contributed by atoms with Crippen molar-refractivity contribution in [2.24, 2.45) is 0 Å². The molecule has 1 aromatic carbocycles. The molecule has 29 heavy (non-hydrogen) atoms. The maximum atomic E-state index is 12.8. The first-order chi connectivity index (χ1) is 14.2. The topological polar surface area (TPSA) is 75.4 Å². The Balaban J connectivity index is 1.22. The van der Waals surface area contributed by atoms with Crippen LogP contribution in [-0.2, 0) is 0 Å². The van der Waals surface area contributed by atoms with Gasteiger partial charge in [0.15, 0.2) is 0 Å². The first kappa shape index (κ1) is 18.3. The second-order valence-electron chi connectivity index (χ2n) is 7.39. The predicted octanol–water partition coefficient (Wildman–Crippen LogP) is 3.73. The van der Waals surface area contributed by atoms with Gasteiger partial charge in [-0.05, 0) is 53.0 Å². The van der Waals surface area contributed by atoms with Crippen LogP contribution in [0, 0.1) is 0 Å². The molecule has 0 spiro atoms. The van der Waals surface area contributed by atoms with Gasteiger partial charge in [-0.15, -0.1) is 0 Å². The summed E-state index contributed by atoms with van der Waals surface area (Å²) < 4.78 is 6.16. The predicted molar refractivity (Wildman–Crippen MR) is 112 cm³/mol. The number of nitrogens with zero attached hydrogens (tertiary/aromatic N) is 5. The molecule has 1 aliphatic heterocycles. The van der Waals surface area contributed by atoms with Gasteiger partial charge in [0.1, 0.15) is 5.82 Å². The minimum Gasteiger partial charge on any atom is -0.353 e. The van der Waals surface area contributed by atoms with Gasteiger partial charge in [-0.25, -0.2) is 4.98 Å². The number of piperazine rings is 1. The lowest BCUT2D eigenvalue weighted by atomic mass is 10.2. The van der Waals surface area contributed by atoms with Crippen molar-refractivity contribution >= 4 is 27.7 Å². The maximum Gasteiger partial charge on any atom is 0.255 e. The minimum atomic E-state index is 0.0593. The van der Waals surface area contributed by atoms with E-state index in [2.05, 4.69) is 36.0 Å². The molecule has 1 saturated heterocycles. The maximum absolute atomic E-state index is 12.8. The molecule has 5 rings (SSSR count). The van der Waals surface area contributed by atoms with Gasteiger partial charge in [0.05, 0.1) is 5.56 Å². The molecule has 148 valence electrons. The SMILES string of the molecule is O=C(c1ccccc1Br)N1CCN(c2ccc(-c3noc(C4CC4)n3)cn2)CC1. The fourth-order valence-corrected chi connectivity index (χ4v) is 3.95. The summed E-state index contributed by atoms with van der Waals surface area (Å²) in [6.07, 6.45) is 4.05. The number of hydrogen-bond acceptors (Lipinski definition) is 6. The molecule has 1 aliphatic carbocycles. The van der Waals surface area contributed by atoms with Crippen LogP contribution in [0.1, 0.15) is 35.0 Å². The molecule has 3 aromatic rings. The summed E-state index contributed by atoms with van der Waals surface area (Å²) in [4.78, 5) is 25.9. The van der Waals surface area contributed by atoms with Crippen LogP contribution in [0.4, 0.5) is 5.82 Å². The van der Waals surface area contributed by atoms with E-state index in [0.29, 0.717) is 30.4 Å². The van der Waals surface area contributed by atoms with Crippen LogP contribution in [0.2, 0.25) is 0 Å². The van der Waals surface area contributed by atoms with Crippen LogP contribution < -0.4 is 4.90 Å². The Hall–Kier alpha value is -2.74. The van der Waals surface area contributed by atoms with Crippen LogP contribution in [0.25, 0.3) is 11.4 Å². The Labute approximate surface area is 176 Å². The van der Waals surface area contributed by atoms with Crippen molar-refractivity contribution in [2.45, 2.75) is 18.8 Å². The van der Waals surface area contributed by atoms with Crippen LogP contribution >= 0.6 is 15.9 Å². The number of hydrogen-bond donors (Lipinski definition) is 0. The van der Waals surface area contributed by atoms with Gasteiger partial charge in [-0.3, -0.25) is 4.79 Å². The summed E-state index contributed by atoms with van der Waals surface area (Å²) in [6, 6.07) is 11.5. The lowest BCUT2D eigenvalue weighted by molar-refractivity contribution is 0.0745. The highest BCUT2D eigenvalue weighted by Crippen LogP contribution is 2.39. The average molecular weight is 454 g/mol. The highest BCUT2D eigenvalue weighted by Gasteiger charge is 2.30. The molecule has 0 radical (unpaired) electrons. The molecule has 1 amide bonds. The first-order valence-electron chi connectivity index (χ1n) is 9.78. The average Bonchev–Trinajstić information content (AvgIpc) is 3.50. The monoisotopic (exact) mass is 453 g/mol. The third kappa shape index (κ3) is 3.76. The number of carbonyl (C=O) groups is 1. The smallest absolute Gasteiger partial charge is 0.255 e. The summed E-state index contributed by atoms with van der Waals surface area (Å²) in [5.41, 5.74) is 1.56. The Kier molecular flexibility index (Phi) is 4.79. The molecule has 1 saturated carbocycles. The van der Waals surface area contributed by atoms with E-state index in [9.17, 15) is 4.79 Å². The zero-order valence-electron chi connectivity index (χ0n) is 15.8. The standard InChI is InChI=1S/C21H20BrN5O2/c22-17-4-2-1-3-16(17)21(28)27-11-9-26(10-12-27)18-8-7-15(13-23-18)19-24-20(29-25-19)14-5-6-14/h1-4,7-8,13-14H,5-6,9-12H2. The number of aromatic nitrogens is 3. The molecule has 0 atom stereocenters. The van der Waals surface area contributed by atoms with Gasteiger partial charge >= 0.3 is 0 Å². The van der Waals surface area contributed by atoms with Crippen molar-refractivity contribution < 1.29 is 9.32 Å². The van der Waals surface area contributed by atoms with Crippen LogP contribution in [0.15, 0.2) is 51.6 Å². The van der Waals surface area contributed by atoms with Gasteiger partial charge in [0.25, 0.3) is 5.91 Å². The fraction of sp³-hybridized carbons (Fsp3) is 0.333. The second-order valence-corrected chi connectivity index (χ2v) is 8.25. The van der Waals surface area contributed by atoms with Crippen molar-refractivity contribution in [2.75, 3.05) is 31.1 Å². The van der Waals surface area contributed by atoms with Gasteiger partial charge < -0.3 is 14.3 Å². The van der Waals surface area contributed by atoms with E-state index in [0.717, 1.165) is 47.7 Å². The lowest BCUT2D eigenvalue weighted by Gasteiger charge is -2.35. The van der Waals surface area contributed by atoms with Gasteiger partial charge in [0.2, 0.25) is 11.7 Å². The zero-order valence-corrected chi connectivity index (χ0v) is 17.4. The van der Waals surface area contributed by atoms with Crippen molar-refractivity contribution in [3.05, 3.63) is 58.5 Å². The van der Waals surface area contributed by atoms with Crippen molar-refractivity contribution in [3.8, 4) is 11.4 Å². The summed E-state index contributed by atoms with van der Waals surface area (Å²) >= 11 is 3.47. The fourth-order valence-electron chi connectivity index (χ4n) is 3.50. The van der Waals surface area contributed by atoms with Crippen molar-refractivity contribution in [1.29, 1.82) is 0 Å². The molecule has 2 aromatic heterocycles. The first-order valence-corrected chi connectivity index (χ1v) is 10.6. The van der Waals surface area contributed by atoms with E-state index in [1.807, 2.05) is 41.3 Å². The number of benzene rings is 1. The Morgan fingerprint density at radius 1 is 1.07 bits per heavy atom. The summed E-state index contributed by atoms with van der Waals surface area (Å²) in [5.74, 6) is 2.72. The van der Waals surface area contributed by atoms with E-state index < -0.39 is 0 Å². The van der Waals surface area contributed by atoms with E-state index in [4.69, 9.17) is 4.52 Å². The molecular weight excluding hydrogens is 434 g/mol. The number of carbonyl (C=O) groups excluding carboxylic acids is 1. The van der Waals surface area contributed by atoms with Crippen LogP contribution in [-0.4, -0.2) is 52.1 Å². The van der Waals surface area contributed by atoms with Crippen LogP contribution in [0.5, 0.6) is 0 Å². The third-order valence-electron chi connectivity index (χ3n) is 5.37. The number of amides is 1. The molecule has 2 fully saturated rings. The van der Waals surface area contributed by atoms with Gasteiger partial charge in [-0.2, -0.15) is 4.98 Å². The van der Waals surface area contributed by atoms with E-state index in [1.54, 1.807) is 6.20 Å². The largest absolute Gasteiger partial charge is 0.353 e. The molecule has 7 nitrogen and oxygen atoms in total. The number of halogens is 1. The third-order valence-corrected chi connectivity index (χ3v) is 6.06. The minimum absolute atomic E-state index is 0.0593. The molecule has 0 N–H and O–H groups in total. The molecule has 0 unspecified atom stereocenters. The summed E-state index contributed by atoms with van der Waals surface area (Å²) in [7, 11) is 0. The molecule has 8 heteroatoms. The normalized spacial score (nSPS) is 16.9. The van der Waals surface area contributed by atoms with Crippen LogP contribution in [0.3, 0.4) is 0 Å². The summed E-state index contributed by atoms with van der Waals surface area (Å²) in [6.45, 7) is 2.82. The number of pyridine rings is 1. The quantitative estimate of drug-likeness (QED) is 0.598. The van der Waals surface area contributed by atoms with E-state index in [-0.39, 0.29) is 5.91 Å². The molecule has 3 heterocycles. The highest BCUT2D eigenvalue weighted by atomic mass is 79.9. The van der Waals surface area contributed by atoms with E-state index >= 15 is 0 Å². The number of anilines is 1. The molecule has 0 bridgehead atoms. The lowest BCUT2D eigenvalue weighted by Crippen LogP contribution is -2.49.